The molecule has 2 rings (SSSR count). The van der Waals surface area contributed by atoms with E-state index in [1.807, 2.05) is 55.5 Å². The number of rotatable bonds is 18. The van der Waals surface area contributed by atoms with Crippen molar-refractivity contribution in [3.8, 4) is 0 Å². The summed E-state index contributed by atoms with van der Waals surface area (Å²) in [5.74, 6) is 0.929. The van der Waals surface area contributed by atoms with Crippen LogP contribution in [0.15, 0.2) is 68.1 Å². The Hall–Kier alpha value is -2.21. The minimum absolute atomic E-state index is 0.0701. The zero-order valence-electron chi connectivity index (χ0n) is 18.7. The van der Waals surface area contributed by atoms with E-state index < -0.39 is 28.0 Å². The summed E-state index contributed by atoms with van der Waals surface area (Å²) in [6, 6.07) is 15.8. The lowest BCUT2D eigenvalue weighted by Gasteiger charge is -2.12. The first-order chi connectivity index (χ1) is 17.2. The average molecular weight is 596 g/mol. The van der Waals surface area contributed by atoms with Crippen LogP contribution in [-0.2, 0) is 14.5 Å². The molecule has 0 N–H and O–H groups in total. The Bertz CT molecular complexity index is 986. The Morgan fingerprint density at radius 3 is 1.61 bits per heavy atom. The minimum Gasteiger partial charge on any atom is -0.314 e. The zero-order chi connectivity index (χ0) is 26.3. The standard InChI is InChI=1S/C19H21N3O9S5/c1-14(10-29-20(23)24)12-32-35-18-6-2-16(3-7-18)34-17-4-8-19(9-5-17)36-33-13-15(31-22(27)28)11-30-21(25)26/h2-9,14-15H,10-13H2,1H3. The van der Waals surface area contributed by atoms with Crippen molar-refractivity contribution in [3.63, 3.8) is 0 Å². The summed E-state index contributed by atoms with van der Waals surface area (Å²) in [6.07, 6.45) is -1.05. The quantitative estimate of drug-likeness (QED) is 0.113. The molecule has 2 aromatic carbocycles. The van der Waals surface area contributed by atoms with Gasteiger partial charge in [0.05, 0.1) is 6.61 Å². The van der Waals surface area contributed by atoms with Crippen molar-refractivity contribution in [2.75, 3.05) is 24.7 Å². The van der Waals surface area contributed by atoms with Gasteiger partial charge in [0, 0.05) is 31.1 Å². The molecule has 0 heterocycles. The first-order valence-electron chi connectivity index (χ1n) is 10.0. The molecular formula is C19H21N3O9S5. The van der Waals surface area contributed by atoms with Crippen LogP contribution in [0.4, 0.5) is 0 Å². The van der Waals surface area contributed by atoms with Gasteiger partial charge in [-0.25, -0.2) is 0 Å². The first kappa shape index (κ1) is 30.0. The van der Waals surface area contributed by atoms with Gasteiger partial charge in [-0.15, -0.1) is 30.3 Å². The van der Waals surface area contributed by atoms with Crippen LogP contribution in [-0.4, -0.2) is 46.1 Å². The molecule has 2 aromatic rings. The van der Waals surface area contributed by atoms with Gasteiger partial charge < -0.3 is 14.5 Å². The summed E-state index contributed by atoms with van der Waals surface area (Å²) in [7, 11) is 5.87. The van der Waals surface area contributed by atoms with Crippen molar-refractivity contribution in [2.24, 2.45) is 5.92 Å². The second kappa shape index (κ2) is 16.5. The molecule has 0 aliphatic heterocycles. The van der Waals surface area contributed by atoms with E-state index in [1.165, 1.54) is 21.6 Å². The fraction of sp³-hybridized carbons (Fsp3) is 0.368. The highest BCUT2D eigenvalue weighted by Crippen LogP contribution is 2.37. The van der Waals surface area contributed by atoms with Gasteiger partial charge in [0.25, 0.3) is 15.3 Å². The maximum absolute atomic E-state index is 10.5. The van der Waals surface area contributed by atoms with Crippen molar-refractivity contribution >= 4 is 54.9 Å². The Morgan fingerprint density at radius 2 is 1.14 bits per heavy atom. The predicted octanol–water partition coefficient (Wildman–Crippen LogP) is 5.95. The number of hydrogen-bond donors (Lipinski definition) is 0. The largest absolute Gasteiger partial charge is 0.314 e. The Labute approximate surface area is 226 Å². The highest BCUT2D eigenvalue weighted by molar-refractivity contribution is 8.77. The summed E-state index contributed by atoms with van der Waals surface area (Å²) >= 11 is 1.60. The van der Waals surface area contributed by atoms with Gasteiger partial charge in [-0.2, -0.15) is 0 Å². The third-order valence-electron chi connectivity index (χ3n) is 3.87. The molecule has 0 saturated heterocycles. The van der Waals surface area contributed by atoms with Crippen molar-refractivity contribution < 1.29 is 29.8 Å². The van der Waals surface area contributed by atoms with Crippen molar-refractivity contribution in [3.05, 3.63) is 78.9 Å². The molecule has 2 atom stereocenters. The van der Waals surface area contributed by atoms with E-state index in [9.17, 15) is 30.3 Å². The van der Waals surface area contributed by atoms with Crippen LogP contribution in [0.25, 0.3) is 0 Å². The van der Waals surface area contributed by atoms with Gasteiger partial charge in [-0.3, -0.25) is 0 Å². The molecule has 0 saturated carbocycles. The Balaban J connectivity index is 1.74. The topological polar surface area (TPSA) is 157 Å². The Kier molecular flexibility index (Phi) is 13.8. The monoisotopic (exact) mass is 595 g/mol. The summed E-state index contributed by atoms with van der Waals surface area (Å²) in [4.78, 5) is 48.1. The molecule has 2 unspecified atom stereocenters. The maximum atomic E-state index is 10.5. The lowest BCUT2D eigenvalue weighted by molar-refractivity contribution is -0.788. The summed E-state index contributed by atoms with van der Waals surface area (Å²) in [5, 5.41) is 28.3. The van der Waals surface area contributed by atoms with Crippen LogP contribution in [0.2, 0.25) is 0 Å². The molecule has 36 heavy (non-hydrogen) atoms. The second-order valence-corrected chi connectivity index (χ2v) is 12.9. The minimum atomic E-state index is -1.05. The SMILES string of the molecule is CC(CO[N+](=O)[O-])CSSc1ccc(Sc2ccc(SSCC(CO[N+](=O)[O-])O[N+](=O)[O-])cc2)cc1. The van der Waals surface area contributed by atoms with E-state index in [0.717, 1.165) is 25.3 Å². The maximum Gasteiger partial charge on any atom is 0.294 e. The summed E-state index contributed by atoms with van der Waals surface area (Å²) in [6.45, 7) is 1.46. The van der Waals surface area contributed by atoms with Crippen LogP contribution in [0.3, 0.4) is 0 Å². The molecule has 17 heteroatoms. The summed E-state index contributed by atoms with van der Waals surface area (Å²) < 4.78 is 0. The Morgan fingerprint density at radius 1 is 0.694 bits per heavy atom. The van der Waals surface area contributed by atoms with Gasteiger partial charge in [0.2, 0.25) is 0 Å². The zero-order valence-corrected chi connectivity index (χ0v) is 22.7. The summed E-state index contributed by atoms with van der Waals surface area (Å²) in [5.41, 5.74) is 0. The molecule has 0 radical (unpaired) electrons. The van der Waals surface area contributed by atoms with E-state index >= 15 is 0 Å². The average Bonchev–Trinajstić information content (AvgIpc) is 2.83. The first-order valence-corrected chi connectivity index (χ1v) is 15.5. The van der Waals surface area contributed by atoms with Crippen LogP contribution in [0.1, 0.15) is 6.92 Å². The van der Waals surface area contributed by atoms with Gasteiger partial charge in [-0.05, 0) is 54.4 Å². The van der Waals surface area contributed by atoms with E-state index in [4.69, 9.17) is 0 Å². The highest BCUT2D eigenvalue weighted by atomic mass is 33.1. The molecule has 12 nitrogen and oxygen atoms in total. The van der Waals surface area contributed by atoms with Gasteiger partial charge >= 0.3 is 0 Å². The molecular weight excluding hydrogens is 575 g/mol. The van der Waals surface area contributed by atoms with Crippen LogP contribution in [0.5, 0.6) is 0 Å². The van der Waals surface area contributed by atoms with Crippen molar-refractivity contribution in [1.82, 2.24) is 0 Å². The molecule has 0 aliphatic rings. The predicted molar refractivity (Wildman–Crippen MR) is 141 cm³/mol. The third-order valence-corrected chi connectivity index (χ3v) is 9.94. The van der Waals surface area contributed by atoms with Crippen molar-refractivity contribution in [2.45, 2.75) is 32.6 Å². The molecule has 0 bridgehead atoms. The van der Waals surface area contributed by atoms with E-state index in [2.05, 4.69) is 14.5 Å². The third kappa shape index (κ3) is 13.2. The number of benzene rings is 2. The van der Waals surface area contributed by atoms with Crippen LogP contribution < -0.4 is 0 Å². The van der Waals surface area contributed by atoms with Gasteiger partial charge in [0.1, 0.15) is 12.7 Å². The van der Waals surface area contributed by atoms with E-state index in [1.54, 1.807) is 33.3 Å². The number of hydrogen-bond acceptors (Lipinski definition) is 14. The van der Waals surface area contributed by atoms with Crippen LogP contribution >= 0.6 is 54.9 Å². The smallest absolute Gasteiger partial charge is 0.294 e. The van der Waals surface area contributed by atoms with Gasteiger partial charge in [0.15, 0.2) is 0 Å². The lowest BCUT2D eigenvalue weighted by atomic mass is 10.2. The number of nitrogens with zero attached hydrogens (tertiary/aromatic N) is 3. The highest BCUT2D eigenvalue weighted by Gasteiger charge is 2.16. The van der Waals surface area contributed by atoms with E-state index in [-0.39, 0.29) is 18.3 Å². The fourth-order valence-corrected chi connectivity index (χ4v) is 7.67. The van der Waals surface area contributed by atoms with Crippen LogP contribution in [0, 0.1) is 36.3 Å². The lowest BCUT2D eigenvalue weighted by Crippen LogP contribution is -2.26. The molecule has 196 valence electrons. The molecule has 0 amide bonds. The molecule has 0 aliphatic carbocycles. The van der Waals surface area contributed by atoms with Gasteiger partial charge in [-0.1, -0.05) is 61.9 Å². The molecule has 0 fully saturated rings. The molecule has 0 spiro atoms. The van der Waals surface area contributed by atoms with E-state index in [0.29, 0.717) is 0 Å². The normalized spacial score (nSPS) is 12.4. The van der Waals surface area contributed by atoms with Crippen molar-refractivity contribution in [1.29, 1.82) is 0 Å². The molecule has 0 aromatic heterocycles. The second-order valence-electron chi connectivity index (χ2n) is 6.88. The fourth-order valence-electron chi connectivity index (χ4n) is 2.27.